The van der Waals surface area contributed by atoms with Crippen molar-refractivity contribution in [2.75, 3.05) is 19.5 Å². The zero-order valence-corrected chi connectivity index (χ0v) is 17.2. The van der Waals surface area contributed by atoms with Crippen molar-refractivity contribution in [3.63, 3.8) is 0 Å². The molecule has 2 heterocycles. The van der Waals surface area contributed by atoms with Crippen molar-refractivity contribution in [2.45, 2.75) is 25.3 Å². The number of nitrogens with two attached hydrogens (primary N) is 2. The largest absolute Gasteiger partial charge is 0.493 e. The number of nitrogens with zero attached hydrogens (tertiary/aromatic N) is 4. The fourth-order valence-corrected chi connectivity index (χ4v) is 3.21. The minimum Gasteiger partial charge on any atom is -0.493 e. The zero-order valence-electron chi connectivity index (χ0n) is 15.6. The molecule has 154 valence electrons. The highest BCUT2D eigenvalue weighted by molar-refractivity contribution is 6.42. The highest BCUT2D eigenvalue weighted by atomic mass is 35.5. The van der Waals surface area contributed by atoms with Gasteiger partial charge in [0.1, 0.15) is 18.1 Å². The number of hydrogen-bond acceptors (Lipinski definition) is 8. The van der Waals surface area contributed by atoms with Crippen LogP contribution in [-0.4, -0.2) is 45.3 Å². The summed E-state index contributed by atoms with van der Waals surface area (Å²) in [6.45, 7) is 0.345. The van der Waals surface area contributed by atoms with Crippen LogP contribution in [0.2, 0.25) is 10.0 Å². The molecule has 0 fully saturated rings. The fraction of sp³-hybridized carbons (Fsp3) is 0.333. The number of ether oxygens (including phenoxy) is 2. The lowest BCUT2D eigenvalue weighted by molar-refractivity contribution is -0.142. The van der Waals surface area contributed by atoms with Crippen molar-refractivity contribution in [1.82, 2.24) is 19.6 Å². The molecule has 4 N–H and O–H groups in total. The van der Waals surface area contributed by atoms with Crippen LogP contribution in [0.3, 0.4) is 0 Å². The van der Waals surface area contributed by atoms with Crippen LogP contribution in [0, 0.1) is 0 Å². The molecule has 3 aromatic rings. The third-order valence-electron chi connectivity index (χ3n) is 4.33. The Kier molecular flexibility index (Phi) is 6.73. The molecule has 0 unspecified atom stereocenters. The maximum atomic E-state index is 11.4. The van der Waals surface area contributed by atoms with Crippen LogP contribution in [-0.2, 0) is 16.0 Å². The second-order valence-corrected chi connectivity index (χ2v) is 7.05. The van der Waals surface area contributed by atoms with Crippen molar-refractivity contribution in [3.8, 4) is 5.75 Å². The maximum Gasteiger partial charge on any atom is 0.322 e. The van der Waals surface area contributed by atoms with Crippen LogP contribution in [0.25, 0.3) is 5.65 Å². The standard InChI is InChI=1S/C18H20Cl2N6O3/c1-28-18(27)13(21)3-2-6-29-14-5-4-12(19)15(20)11(14)7-10-8-23-17-16(22)24-9-25-26(10)17/h4-5,8-9,13H,2-3,6-7,21H2,1H3,(H2,22,24,25)/t13-/m1/s1. The van der Waals surface area contributed by atoms with Crippen LogP contribution in [0.4, 0.5) is 5.82 Å². The third kappa shape index (κ3) is 4.69. The highest BCUT2D eigenvalue weighted by Crippen LogP contribution is 2.35. The molecule has 0 radical (unpaired) electrons. The highest BCUT2D eigenvalue weighted by Gasteiger charge is 2.17. The first-order chi connectivity index (χ1) is 13.9. The molecule has 1 aromatic carbocycles. The summed E-state index contributed by atoms with van der Waals surface area (Å²) < 4.78 is 12.1. The molecule has 11 heteroatoms. The second kappa shape index (κ2) is 9.25. The Morgan fingerprint density at radius 1 is 1.31 bits per heavy atom. The summed E-state index contributed by atoms with van der Waals surface area (Å²) in [5.41, 5.74) is 13.5. The van der Waals surface area contributed by atoms with E-state index >= 15 is 0 Å². The molecule has 0 aliphatic rings. The topological polar surface area (TPSA) is 131 Å². The second-order valence-electron chi connectivity index (χ2n) is 6.27. The van der Waals surface area contributed by atoms with Crippen LogP contribution in [0.15, 0.2) is 24.7 Å². The van der Waals surface area contributed by atoms with Crippen molar-refractivity contribution in [2.24, 2.45) is 5.73 Å². The third-order valence-corrected chi connectivity index (χ3v) is 5.18. The number of methoxy groups -OCH3 is 1. The Bertz CT molecular complexity index is 1030. The van der Waals surface area contributed by atoms with Gasteiger partial charge < -0.3 is 20.9 Å². The lowest BCUT2D eigenvalue weighted by atomic mass is 10.1. The van der Waals surface area contributed by atoms with Gasteiger partial charge in [0.05, 0.1) is 35.7 Å². The van der Waals surface area contributed by atoms with Crippen LogP contribution < -0.4 is 16.2 Å². The quantitative estimate of drug-likeness (QED) is 0.404. The molecule has 0 spiro atoms. The SMILES string of the molecule is COC(=O)[C@H](N)CCCOc1ccc(Cl)c(Cl)c1Cc1cnc2c(N)ncnn12. The molecular formula is C18H20Cl2N6O3. The van der Waals surface area contributed by atoms with E-state index in [1.165, 1.54) is 13.4 Å². The van der Waals surface area contributed by atoms with Gasteiger partial charge in [-0.25, -0.2) is 14.5 Å². The van der Waals surface area contributed by atoms with Crippen molar-refractivity contribution >= 4 is 40.6 Å². The molecule has 0 bridgehead atoms. The van der Waals surface area contributed by atoms with Gasteiger partial charge in [0, 0.05) is 12.0 Å². The molecule has 29 heavy (non-hydrogen) atoms. The Balaban J connectivity index is 1.77. The molecule has 0 aliphatic heterocycles. The first-order valence-corrected chi connectivity index (χ1v) is 9.54. The Hall–Kier alpha value is -2.62. The molecule has 0 amide bonds. The number of carbonyl (C=O) groups excluding carboxylic acids is 1. The summed E-state index contributed by atoms with van der Waals surface area (Å²) in [4.78, 5) is 19.6. The predicted octanol–water partition coefficient (Wildman–Crippen LogP) is 2.26. The number of imidazole rings is 1. The van der Waals surface area contributed by atoms with Gasteiger partial charge in [-0.05, 0) is 25.0 Å². The van der Waals surface area contributed by atoms with Gasteiger partial charge in [-0.15, -0.1) is 0 Å². The van der Waals surface area contributed by atoms with E-state index in [1.54, 1.807) is 22.8 Å². The minimum absolute atomic E-state index is 0.279. The van der Waals surface area contributed by atoms with Crippen LogP contribution in [0.5, 0.6) is 5.75 Å². The van der Waals surface area contributed by atoms with E-state index in [-0.39, 0.29) is 5.82 Å². The minimum atomic E-state index is -0.680. The molecule has 0 saturated heterocycles. The Morgan fingerprint density at radius 3 is 2.86 bits per heavy atom. The summed E-state index contributed by atoms with van der Waals surface area (Å²) in [5, 5.41) is 4.98. The summed E-state index contributed by atoms with van der Waals surface area (Å²) in [6.07, 6.45) is 4.38. The van der Waals surface area contributed by atoms with E-state index in [0.717, 1.165) is 5.69 Å². The number of hydrogen-bond donors (Lipinski definition) is 2. The van der Waals surface area contributed by atoms with E-state index in [0.29, 0.717) is 52.9 Å². The van der Waals surface area contributed by atoms with E-state index in [9.17, 15) is 4.79 Å². The average Bonchev–Trinajstić information content (AvgIpc) is 3.13. The van der Waals surface area contributed by atoms with Crippen molar-refractivity contribution < 1.29 is 14.3 Å². The average molecular weight is 439 g/mol. The summed E-state index contributed by atoms with van der Waals surface area (Å²) in [7, 11) is 1.30. The molecule has 3 rings (SSSR count). The number of esters is 1. The summed E-state index contributed by atoms with van der Waals surface area (Å²) >= 11 is 12.6. The van der Waals surface area contributed by atoms with Gasteiger partial charge in [-0.3, -0.25) is 4.79 Å². The van der Waals surface area contributed by atoms with E-state index in [2.05, 4.69) is 19.8 Å². The Labute approximate surface area is 176 Å². The zero-order chi connectivity index (χ0) is 21.0. The lowest BCUT2D eigenvalue weighted by Gasteiger charge is -2.15. The first-order valence-electron chi connectivity index (χ1n) is 8.78. The number of halogens is 2. The van der Waals surface area contributed by atoms with Crippen LogP contribution in [0.1, 0.15) is 24.1 Å². The maximum absolute atomic E-state index is 11.4. The number of carbonyl (C=O) groups is 1. The molecule has 2 aromatic heterocycles. The van der Waals surface area contributed by atoms with E-state index < -0.39 is 12.0 Å². The number of aromatic nitrogens is 4. The molecule has 1 atom stereocenters. The van der Waals surface area contributed by atoms with Gasteiger partial charge in [-0.2, -0.15) is 5.10 Å². The lowest BCUT2D eigenvalue weighted by Crippen LogP contribution is -2.31. The predicted molar refractivity (Wildman–Crippen MR) is 109 cm³/mol. The number of benzene rings is 1. The fourth-order valence-electron chi connectivity index (χ4n) is 2.81. The van der Waals surface area contributed by atoms with Crippen LogP contribution >= 0.6 is 23.2 Å². The number of anilines is 1. The van der Waals surface area contributed by atoms with Crippen molar-refractivity contribution in [3.05, 3.63) is 46.0 Å². The summed E-state index contributed by atoms with van der Waals surface area (Å²) in [5.74, 6) is 0.402. The normalized spacial score (nSPS) is 12.1. The molecule has 0 saturated carbocycles. The van der Waals surface area contributed by atoms with Gasteiger partial charge in [0.25, 0.3) is 0 Å². The molecule has 9 nitrogen and oxygen atoms in total. The smallest absolute Gasteiger partial charge is 0.322 e. The van der Waals surface area contributed by atoms with E-state index in [4.69, 9.17) is 39.4 Å². The molecular weight excluding hydrogens is 419 g/mol. The van der Waals surface area contributed by atoms with Crippen molar-refractivity contribution in [1.29, 1.82) is 0 Å². The van der Waals surface area contributed by atoms with Gasteiger partial charge in [0.15, 0.2) is 11.5 Å². The number of fused-ring (bicyclic) bond motifs is 1. The molecule has 0 aliphatic carbocycles. The number of rotatable bonds is 8. The van der Waals surface area contributed by atoms with E-state index in [1.807, 2.05) is 0 Å². The van der Waals surface area contributed by atoms with Gasteiger partial charge in [-0.1, -0.05) is 23.2 Å². The van der Waals surface area contributed by atoms with Gasteiger partial charge in [0.2, 0.25) is 0 Å². The summed E-state index contributed by atoms with van der Waals surface area (Å²) in [6, 6.07) is 2.73. The monoisotopic (exact) mass is 438 g/mol. The first kappa shape index (κ1) is 21.1. The van der Waals surface area contributed by atoms with Gasteiger partial charge >= 0.3 is 5.97 Å². The Morgan fingerprint density at radius 2 is 2.10 bits per heavy atom. The number of nitrogen functional groups attached to an aromatic ring is 1.